The van der Waals surface area contributed by atoms with Crippen molar-refractivity contribution >= 4 is 34.8 Å². The second-order valence-electron chi connectivity index (χ2n) is 4.37. The van der Waals surface area contributed by atoms with Gasteiger partial charge in [-0.05, 0) is 31.2 Å². The molecule has 0 aromatic heterocycles. The molecule has 0 unspecified atom stereocenters. The van der Waals surface area contributed by atoms with Crippen molar-refractivity contribution in [1.29, 1.82) is 0 Å². The number of para-hydroxylation sites is 1. The van der Waals surface area contributed by atoms with Gasteiger partial charge in [-0.25, -0.2) is 9.82 Å². The van der Waals surface area contributed by atoms with Crippen LogP contribution in [0.25, 0.3) is 0 Å². The van der Waals surface area contributed by atoms with E-state index < -0.39 is 11.7 Å². The number of carbonyl (C=O) groups is 1. The van der Waals surface area contributed by atoms with E-state index in [1.54, 1.807) is 12.1 Å². The minimum Gasteiger partial charge on any atom is -0.507 e. The quantitative estimate of drug-likeness (QED) is 0.504. The molecule has 0 saturated carbocycles. The highest BCUT2D eigenvalue weighted by molar-refractivity contribution is 6.40. The van der Waals surface area contributed by atoms with E-state index in [4.69, 9.17) is 23.2 Å². The first-order valence-corrected chi connectivity index (χ1v) is 6.94. The van der Waals surface area contributed by atoms with Gasteiger partial charge in [0, 0.05) is 5.56 Å². The van der Waals surface area contributed by atoms with E-state index in [0.717, 1.165) is 6.07 Å². The highest BCUT2D eigenvalue weighted by Crippen LogP contribution is 2.27. The molecule has 0 heterocycles. The van der Waals surface area contributed by atoms with Crippen LogP contribution in [-0.4, -0.2) is 16.7 Å². The summed E-state index contributed by atoms with van der Waals surface area (Å²) in [5, 5.41) is 13.5. The van der Waals surface area contributed by atoms with Crippen molar-refractivity contribution in [2.45, 2.75) is 6.92 Å². The molecule has 7 heteroatoms. The van der Waals surface area contributed by atoms with E-state index in [0.29, 0.717) is 0 Å². The summed E-state index contributed by atoms with van der Waals surface area (Å²) in [6, 6.07) is 8.51. The Bertz CT molecular complexity index is 763. The van der Waals surface area contributed by atoms with Crippen molar-refractivity contribution < 1.29 is 14.3 Å². The Hall–Kier alpha value is -2.11. The summed E-state index contributed by atoms with van der Waals surface area (Å²) in [5.74, 6) is -1.42. The Labute approximate surface area is 136 Å². The maximum absolute atomic E-state index is 13.5. The molecule has 0 radical (unpaired) electrons. The molecule has 4 nitrogen and oxygen atoms in total. The van der Waals surface area contributed by atoms with E-state index in [2.05, 4.69) is 10.5 Å². The molecule has 0 saturated heterocycles. The number of hydrogen-bond acceptors (Lipinski definition) is 3. The third kappa shape index (κ3) is 3.37. The summed E-state index contributed by atoms with van der Waals surface area (Å²) in [4.78, 5) is 11.9. The van der Waals surface area contributed by atoms with E-state index in [1.807, 2.05) is 0 Å². The molecular weight excluding hydrogens is 330 g/mol. The average Bonchev–Trinajstić information content (AvgIpc) is 2.49. The number of halogens is 3. The van der Waals surface area contributed by atoms with Gasteiger partial charge in [0.05, 0.1) is 21.3 Å². The number of nitrogens with one attached hydrogen (secondary N) is 1. The summed E-state index contributed by atoms with van der Waals surface area (Å²) in [7, 11) is 0. The van der Waals surface area contributed by atoms with Crippen LogP contribution in [0, 0.1) is 5.82 Å². The van der Waals surface area contributed by atoms with Crippen molar-refractivity contribution in [2.24, 2.45) is 5.10 Å². The lowest BCUT2D eigenvalue weighted by Crippen LogP contribution is -2.19. The molecule has 0 bridgehead atoms. The van der Waals surface area contributed by atoms with Gasteiger partial charge in [-0.15, -0.1) is 0 Å². The number of phenolic OH excluding ortho intramolecular Hbond substituents is 1. The smallest absolute Gasteiger partial charge is 0.275 e. The largest absolute Gasteiger partial charge is 0.507 e. The Morgan fingerprint density at radius 2 is 1.91 bits per heavy atom. The fourth-order valence-corrected chi connectivity index (χ4v) is 2.42. The molecule has 0 aliphatic rings. The summed E-state index contributed by atoms with van der Waals surface area (Å²) in [5.41, 5.74) is 2.76. The molecule has 2 rings (SSSR count). The maximum Gasteiger partial charge on any atom is 0.275 e. The number of hydrazone groups is 1. The molecular formula is C15H11Cl2FN2O2. The molecule has 0 atom stereocenters. The van der Waals surface area contributed by atoms with Crippen molar-refractivity contribution in [3.05, 3.63) is 63.4 Å². The first-order chi connectivity index (χ1) is 10.4. The van der Waals surface area contributed by atoms with Crippen LogP contribution in [0.5, 0.6) is 5.75 Å². The van der Waals surface area contributed by atoms with Crippen LogP contribution in [0.3, 0.4) is 0 Å². The molecule has 0 spiro atoms. The van der Waals surface area contributed by atoms with Gasteiger partial charge in [-0.3, -0.25) is 4.79 Å². The predicted molar refractivity (Wildman–Crippen MR) is 84.2 cm³/mol. The number of amides is 1. The number of carbonyl (C=O) groups excluding carboxylic acids is 1. The molecule has 1 amide bonds. The van der Waals surface area contributed by atoms with E-state index in [-0.39, 0.29) is 32.6 Å². The molecule has 0 fully saturated rings. The normalized spacial score (nSPS) is 11.4. The van der Waals surface area contributed by atoms with Crippen LogP contribution in [-0.2, 0) is 0 Å². The third-order valence-electron chi connectivity index (χ3n) is 2.88. The van der Waals surface area contributed by atoms with E-state index >= 15 is 0 Å². The fourth-order valence-electron chi connectivity index (χ4n) is 1.78. The summed E-state index contributed by atoms with van der Waals surface area (Å²) in [6.07, 6.45) is 0. The van der Waals surface area contributed by atoms with Crippen molar-refractivity contribution in [3.63, 3.8) is 0 Å². The van der Waals surface area contributed by atoms with Crippen LogP contribution >= 0.6 is 23.2 Å². The second kappa shape index (κ2) is 6.77. The molecule has 2 aromatic rings. The van der Waals surface area contributed by atoms with Gasteiger partial charge in [-0.1, -0.05) is 35.3 Å². The van der Waals surface area contributed by atoms with Gasteiger partial charge in [0.15, 0.2) is 0 Å². The maximum atomic E-state index is 13.5. The van der Waals surface area contributed by atoms with Gasteiger partial charge in [0.2, 0.25) is 0 Å². The highest BCUT2D eigenvalue weighted by Gasteiger charge is 2.14. The standard InChI is InChI=1S/C15H11Cl2FN2O2/c1-8(13-10(16)6-7-11(18)14(13)17)19-20-15(22)9-4-2-3-5-12(9)21/h2-7,21H,1H3,(H,20,22)/b19-8-. The average molecular weight is 341 g/mol. The first-order valence-electron chi connectivity index (χ1n) is 6.18. The zero-order valence-corrected chi connectivity index (χ0v) is 12.9. The third-order valence-corrected chi connectivity index (χ3v) is 3.56. The lowest BCUT2D eigenvalue weighted by molar-refractivity contribution is 0.0952. The minimum absolute atomic E-state index is 0.0653. The molecule has 114 valence electrons. The van der Waals surface area contributed by atoms with E-state index in [1.165, 1.54) is 25.1 Å². The molecule has 0 aliphatic carbocycles. The second-order valence-corrected chi connectivity index (χ2v) is 5.16. The zero-order valence-electron chi connectivity index (χ0n) is 11.4. The Morgan fingerprint density at radius 1 is 1.23 bits per heavy atom. The summed E-state index contributed by atoms with van der Waals surface area (Å²) >= 11 is 11.8. The predicted octanol–water partition coefficient (Wildman–Crippen LogP) is 3.99. The molecule has 22 heavy (non-hydrogen) atoms. The van der Waals surface area contributed by atoms with E-state index in [9.17, 15) is 14.3 Å². The van der Waals surface area contributed by atoms with Gasteiger partial charge in [-0.2, -0.15) is 5.10 Å². The van der Waals surface area contributed by atoms with Gasteiger partial charge < -0.3 is 5.11 Å². The number of rotatable bonds is 3. The van der Waals surface area contributed by atoms with Gasteiger partial charge in [0.1, 0.15) is 11.6 Å². The number of benzene rings is 2. The first kappa shape index (κ1) is 16.3. The number of nitrogens with zero attached hydrogens (tertiary/aromatic N) is 1. The van der Waals surface area contributed by atoms with Crippen LogP contribution in [0.2, 0.25) is 10.0 Å². The topological polar surface area (TPSA) is 61.7 Å². The van der Waals surface area contributed by atoms with Crippen LogP contribution in [0.4, 0.5) is 4.39 Å². The monoisotopic (exact) mass is 340 g/mol. The Kier molecular flexibility index (Phi) is 5.00. The van der Waals surface area contributed by atoms with Crippen molar-refractivity contribution in [2.75, 3.05) is 0 Å². The molecule has 2 aromatic carbocycles. The van der Waals surface area contributed by atoms with Crippen LogP contribution in [0.15, 0.2) is 41.5 Å². The number of hydrogen-bond donors (Lipinski definition) is 2. The molecule has 2 N–H and O–H groups in total. The summed E-state index contributed by atoms with van der Waals surface area (Å²) in [6.45, 7) is 1.53. The lowest BCUT2D eigenvalue weighted by atomic mass is 10.1. The minimum atomic E-state index is -0.636. The number of aromatic hydroxyl groups is 1. The molecule has 0 aliphatic heterocycles. The van der Waals surface area contributed by atoms with Crippen molar-refractivity contribution in [1.82, 2.24) is 5.43 Å². The van der Waals surface area contributed by atoms with Crippen molar-refractivity contribution in [3.8, 4) is 5.75 Å². The summed E-state index contributed by atoms with van der Waals surface area (Å²) < 4.78 is 13.5. The zero-order chi connectivity index (χ0) is 16.3. The lowest BCUT2D eigenvalue weighted by Gasteiger charge is -2.08. The number of phenols is 1. The van der Waals surface area contributed by atoms with Crippen LogP contribution in [0.1, 0.15) is 22.8 Å². The van der Waals surface area contributed by atoms with Gasteiger partial charge >= 0.3 is 0 Å². The Balaban J connectivity index is 2.26. The van der Waals surface area contributed by atoms with Crippen LogP contribution < -0.4 is 5.43 Å². The fraction of sp³-hybridized carbons (Fsp3) is 0.0667. The van der Waals surface area contributed by atoms with Gasteiger partial charge in [0.25, 0.3) is 5.91 Å². The highest BCUT2D eigenvalue weighted by atomic mass is 35.5. The Morgan fingerprint density at radius 3 is 2.59 bits per heavy atom. The SMILES string of the molecule is C/C(=N/NC(=O)c1ccccc1O)c1c(Cl)ccc(F)c1Cl.